The zero-order chi connectivity index (χ0) is 40.7. The van der Waals surface area contributed by atoms with Crippen molar-refractivity contribution in [2.75, 3.05) is 13.6 Å². The van der Waals surface area contributed by atoms with Crippen molar-refractivity contribution in [1.82, 2.24) is 31.0 Å². The SMILES string of the molecule is CN(C(=O)O)[C@H](C(=O)NN(Cc1ccc(-c2ccccn2)cc1)C[C@H](O)[C@H](Cc1ccccc1)NC(=O)[C@H]1C[C@@H](NC(=O)OC(C)(C)C)C1(C)C)C(C)(C)C. The van der Waals surface area contributed by atoms with Crippen LogP contribution in [0.4, 0.5) is 9.59 Å². The fourth-order valence-electron chi connectivity index (χ4n) is 7.01. The maximum atomic E-state index is 13.9. The summed E-state index contributed by atoms with van der Waals surface area (Å²) in [5, 5.41) is 29.3. The lowest BCUT2D eigenvalue weighted by atomic mass is 9.58. The van der Waals surface area contributed by atoms with Crippen LogP contribution < -0.4 is 16.1 Å². The molecule has 1 aromatic heterocycles. The Morgan fingerprint density at radius 2 is 1.56 bits per heavy atom. The highest BCUT2D eigenvalue weighted by molar-refractivity contribution is 5.85. The number of nitrogens with zero attached hydrogens (tertiary/aromatic N) is 3. The summed E-state index contributed by atoms with van der Waals surface area (Å²) in [4.78, 5) is 57.8. The highest BCUT2D eigenvalue weighted by Gasteiger charge is 2.53. The van der Waals surface area contributed by atoms with E-state index in [0.29, 0.717) is 12.8 Å². The first-order valence-corrected chi connectivity index (χ1v) is 18.7. The highest BCUT2D eigenvalue weighted by atomic mass is 16.6. The predicted molar refractivity (Wildman–Crippen MR) is 210 cm³/mol. The van der Waals surface area contributed by atoms with Crippen LogP contribution in [0.25, 0.3) is 11.3 Å². The molecule has 1 aliphatic rings. The van der Waals surface area contributed by atoms with Gasteiger partial charge in [-0.2, -0.15) is 0 Å². The number of aliphatic hydroxyl groups is 1. The quantitative estimate of drug-likeness (QED) is 0.131. The number of hydrogen-bond acceptors (Lipinski definition) is 8. The number of pyridine rings is 1. The van der Waals surface area contributed by atoms with E-state index < -0.39 is 58.6 Å². The van der Waals surface area contributed by atoms with Gasteiger partial charge in [0.2, 0.25) is 5.91 Å². The molecule has 4 rings (SSSR count). The molecule has 1 fully saturated rings. The van der Waals surface area contributed by atoms with Gasteiger partial charge in [0.25, 0.3) is 5.91 Å². The summed E-state index contributed by atoms with van der Waals surface area (Å²) in [6.45, 7) is 14.6. The molecule has 5 N–H and O–H groups in total. The van der Waals surface area contributed by atoms with Gasteiger partial charge in [0, 0.05) is 43.9 Å². The number of carboxylic acid groups (broad SMARTS) is 1. The molecule has 1 heterocycles. The van der Waals surface area contributed by atoms with Crippen LogP contribution in [-0.2, 0) is 27.3 Å². The van der Waals surface area contributed by atoms with Crippen LogP contribution in [0.3, 0.4) is 0 Å². The molecule has 1 saturated carbocycles. The molecule has 0 spiro atoms. The average molecular weight is 759 g/mol. The minimum absolute atomic E-state index is 0.101. The van der Waals surface area contributed by atoms with Crippen LogP contribution in [-0.4, -0.2) is 92.5 Å². The Hall–Kier alpha value is -5.01. The Labute approximate surface area is 324 Å². The number of carbonyl (C=O) groups excluding carboxylic acids is 3. The van der Waals surface area contributed by atoms with Gasteiger partial charge in [-0.05, 0) is 67.7 Å². The smallest absolute Gasteiger partial charge is 0.407 e. The number of benzene rings is 2. The third-order valence-corrected chi connectivity index (χ3v) is 10.1. The van der Waals surface area contributed by atoms with Crippen LogP contribution >= 0.6 is 0 Å². The van der Waals surface area contributed by atoms with E-state index in [0.717, 1.165) is 27.3 Å². The number of rotatable bonds is 14. The average Bonchev–Trinajstić information content (AvgIpc) is 3.09. The monoisotopic (exact) mass is 758 g/mol. The van der Waals surface area contributed by atoms with E-state index in [2.05, 4.69) is 21.0 Å². The first-order valence-electron chi connectivity index (χ1n) is 18.7. The first-order chi connectivity index (χ1) is 25.7. The lowest BCUT2D eigenvalue weighted by Crippen LogP contribution is -2.64. The van der Waals surface area contributed by atoms with Crippen LogP contribution in [0.15, 0.2) is 79.0 Å². The molecule has 2 aromatic carbocycles. The molecule has 298 valence electrons. The van der Waals surface area contributed by atoms with E-state index in [-0.39, 0.29) is 25.0 Å². The molecule has 0 saturated heterocycles. The second kappa shape index (κ2) is 17.6. The number of aliphatic hydroxyl groups excluding tert-OH is 1. The standard InChI is InChI=1S/C42H58N6O7/c1-40(2,3)35(47(9)39(53)54)37(51)46-48(25-28-18-20-29(21-19-28)31-17-13-14-22-43-31)26-33(49)32(23-27-15-11-10-12-16-27)44-36(50)30-24-34(42(30,7)8)45-38(52)55-41(4,5)6/h10-22,30,32-35,49H,23-26H2,1-9H3,(H,44,50)(H,45,52)(H,46,51)(H,53,54)/t30-,32+,33+,34-,35-/m1/s1. The minimum Gasteiger partial charge on any atom is -0.465 e. The summed E-state index contributed by atoms with van der Waals surface area (Å²) in [5.41, 5.74) is 4.31. The topological polar surface area (TPSA) is 173 Å². The Bertz CT molecular complexity index is 1760. The third-order valence-electron chi connectivity index (χ3n) is 10.1. The summed E-state index contributed by atoms with van der Waals surface area (Å²) < 4.78 is 5.43. The Morgan fingerprint density at radius 3 is 2.11 bits per heavy atom. The number of carbonyl (C=O) groups is 4. The van der Waals surface area contributed by atoms with Crippen molar-refractivity contribution in [3.05, 3.63) is 90.1 Å². The molecule has 1 aliphatic carbocycles. The molecule has 13 heteroatoms. The van der Waals surface area contributed by atoms with Gasteiger partial charge in [-0.1, -0.05) is 95.3 Å². The van der Waals surface area contributed by atoms with Gasteiger partial charge in [-0.15, -0.1) is 0 Å². The van der Waals surface area contributed by atoms with E-state index in [4.69, 9.17) is 4.74 Å². The number of nitrogens with one attached hydrogen (secondary N) is 3. The first kappa shape index (κ1) is 42.7. The molecular weight excluding hydrogens is 700 g/mol. The van der Waals surface area contributed by atoms with Gasteiger partial charge in [0.1, 0.15) is 11.6 Å². The number of hydrazine groups is 1. The second-order valence-corrected chi connectivity index (χ2v) is 17.1. The van der Waals surface area contributed by atoms with Crippen molar-refractivity contribution in [3.63, 3.8) is 0 Å². The molecular formula is C42H58N6O7. The fraction of sp³-hybridized carbons (Fsp3) is 0.500. The van der Waals surface area contributed by atoms with E-state index in [1.54, 1.807) is 52.7 Å². The molecule has 4 amide bonds. The van der Waals surface area contributed by atoms with Crippen LogP contribution in [0.5, 0.6) is 0 Å². The number of aromatic nitrogens is 1. The van der Waals surface area contributed by atoms with Gasteiger partial charge >= 0.3 is 12.2 Å². The Balaban J connectivity index is 1.58. The lowest BCUT2D eigenvalue weighted by molar-refractivity contribution is -0.140. The van der Waals surface area contributed by atoms with Crippen molar-refractivity contribution >= 4 is 24.0 Å². The number of amides is 4. The maximum absolute atomic E-state index is 13.9. The Morgan fingerprint density at radius 1 is 0.927 bits per heavy atom. The van der Waals surface area contributed by atoms with Crippen molar-refractivity contribution in [1.29, 1.82) is 0 Å². The van der Waals surface area contributed by atoms with Gasteiger partial charge < -0.3 is 25.6 Å². The summed E-state index contributed by atoms with van der Waals surface area (Å²) in [6, 6.07) is 20.7. The summed E-state index contributed by atoms with van der Waals surface area (Å²) in [7, 11) is 1.36. The number of likely N-dealkylation sites (N-methyl/N-ethyl adjacent to an activating group) is 1. The van der Waals surface area contributed by atoms with Crippen LogP contribution in [0, 0.1) is 16.7 Å². The van der Waals surface area contributed by atoms with E-state index in [9.17, 15) is 29.4 Å². The number of alkyl carbamates (subject to hydrolysis) is 1. The molecule has 0 unspecified atom stereocenters. The lowest BCUT2D eigenvalue weighted by Gasteiger charge is -2.51. The summed E-state index contributed by atoms with van der Waals surface area (Å²) in [6.07, 6.45) is -0.557. The highest BCUT2D eigenvalue weighted by Crippen LogP contribution is 2.46. The zero-order valence-corrected chi connectivity index (χ0v) is 33.5. The second-order valence-electron chi connectivity index (χ2n) is 17.1. The molecule has 0 aliphatic heterocycles. The van der Waals surface area contributed by atoms with Crippen molar-refractivity contribution in [3.8, 4) is 11.3 Å². The van der Waals surface area contributed by atoms with Crippen LogP contribution in [0.2, 0.25) is 0 Å². The molecule has 55 heavy (non-hydrogen) atoms. The van der Waals surface area contributed by atoms with Gasteiger partial charge in [0.15, 0.2) is 0 Å². The molecule has 5 atom stereocenters. The minimum atomic E-state index is -1.25. The van der Waals surface area contributed by atoms with Gasteiger partial charge in [-0.3, -0.25) is 24.9 Å². The number of ether oxygens (including phenoxy) is 1. The van der Waals surface area contributed by atoms with Gasteiger partial charge in [-0.25, -0.2) is 14.6 Å². The summed E-state index contributed by atoms with van der Waals surface area (Å²) >= 11 is 0. The van der Waals surface area contributed by atoms with Gasteiger partial charge in [0.05, 0.1) is 17.8 Å². The van der Waals surface area contributed by atoms with Crippen molar-refractivity contribution in [2.24, 2.45) is 16.7 Å². The molecule has 13 nitrogen and oxygen atoms in total. The van der Waals surface area contributed by atoms with Crippen molar-refractivity contribution < 1.29 is 34.1 Å². The third kappa shape index (κ3) is 11.7. The summed E-state index contributed by atoms with van der Waals surface area (Å²) in [5.74, 6) is -1.27. The normalized spacial score (nSPS) is 18.2. The molecule has 0 radical (unpaired) electrons. The number of hydrogen-bond donors (Lipinski definition) is 5. The van der Waals surface area contributed by atoms with E-state index >= 15 is 0 Å². The maximum Gasteiger partial charge on any atom is 0.407 e. The van der Waals surface area contributed by atoms with E-state index in [1.165, 1.54) is 7.05 Å². The molecule has 0 bridgehead atoms. The Kier molecular flexibility index (Phi) is 13.7. The largest absolute Gasteiger partial charge is 0.465 e. The van der Waals surface area contributed by atoms with Crippen LogP contribution in [0.1, 0.15) is 72.9 Å². The fourth-order valence-corrected chi connectivity index (χ4v) is 7.01. The predicted octanol–water partition coefficient (Wildman–Crippen LogP) is 5.63. The van der Waals surface area contributed by atoms with Crippen molar-refractivity contribution in [2.45, 2.75) is 105 Å². The molecule has 3 aromatic rings. The van der Waals surface area contributed by atoms with E-state index in [1.807, 2.05) is 86.6 Å². The zero-order valence-electron chi connectivity index (χ0n) is 33.5.